The highest BCUT2D eigenvalue weighted by Crippen LogP contribution is 2.39. The number of aromatic hydroxyl groups is 1. The Balaban J connectivity index is 1.60. The highest BCUT2D eigenvalue weighted by Gasteiger charge is 2.48. The van der Waals surface area contributed by atoms with Crippen molar-refractivity contribution in [3.05, 3.63) is 35.6 Å². The third-order valence-electron chi connectivity index (χ3n) is 5.09. The second-order valence-electron chi connectivity index (χ2n) is 7.43. The molecule has 4 rings (SSSR count). The van der Waals surface area contributed by atoms with Gasteiger partial charge in [-0.05, 0) is 24.3 Å². The summed E-state index contributed by atoms with van der Waals surface area (Å²) < 4.78 is 29.5. The molecule has 16 heteroatoms. The van der Waals surface area contributed by atoms with Gasteiger partial charge in [-0.25, -0.2) is 9.13 Å². The molecule has 3 aromatic rings. The van der Waals surface area contributed by atoms with Crippen molar-refractivity contribution in [2.75, 3.05) is 18.9 Å². The number of nitrogens with two attached hydrogens (primary N) is 1. The molecule has 0 bridgehead atoms. The molecule has 184 valence electrons. The van der Waals surface area contributed by atoms with Gasteiger partial charge in [0.2, 0.25) is 18.5 Å². The van der Waals surface area contributed by atoms with Crippen molar-refractivity contribution < 1.29 is 48.2 Å². The number of phosphoric ester groups is 1. The van der Waals surface area contributed by atoms with Gasteiger partial charge in [0, 0.05) is 5.02 Å². The van der Waals surface area contributed by atoms with E-state index in [4.69, 9.17) is 36.6 Å². The van der Waals surface area contributed by atoms with Gasteiger partial charge in [-0.3, -0.25) is 4.52 Å². The third-order valence-corrected chi connectivity index (χ3v) is 5.83. The average molecular weight is 519 g/mol. The number of hydrogen-bond acceptors (Lipinski definition) is 10. The molecule has 7 N–H and O–H groups in total. The van der Waals surface area contributed by atoms with Crippen LogP contribution in [-0.4, -0.2) is 71.2 Å². The maximum Gasteiger partial charge on any atom is 0.469 e. The zero-order valence-electron chi connectivity index (χ0n) is 17.4. The fraction of sp³-hybridized carbons (Fsp3) is 0.389. The van der Waals surface area contributed by atoms with Crippen LogP contribution in [0.4, 0.5) is 5.95 Å². The summed E-state index contributed by atoms with van der Waals surface area (Å²) in [4.78, 5) is 25.7. The lowest BCUT2D eigenvalue weighted by atomic mass is 10.1. The summed E-state index contributed by atoms with van der Waals surface area (Å²) in [6.07, 6.45) is -4.08. The number of fused-ring (bicyclic) bond motifs is 1. The van der Waals surface area contributed by atoms with Gasteiger partial charge in [0.1, 0.15) is 37.2 Å². The van der Waals surface area contributed by atoms with Crippen LogP contribution in [0.3, 0.4) is 0 Å². The Hall–Kier alpha value is -2.55. The molecule has 0 spiro atoms. The van der Waals surface area contributed by atoms with Crippen molar-refractivity contribution in [1.82, 2.24) is 14.5 Å². The summed E-state index contributed by atoms with van der Waals surface area (Å²) in [6, 6.07) is 6.74. The lowest BCUT2D eigenvalue weighted by molar-refractivity contribution is -0.673. The van der Waals surface area contributed by atoms with Crippen molar-refractivity contribution in [2.24, 2.45) is 0 Å². The van der Waals surface area contributed by atoms with E-state index in [2.05, 4.69) is 14.5 Å². The number of nitrogen functional groups attached to an aromatic ring is 1. The summed E-state index contributed by atoms with van der Waals surface area (Å²) in [5.41, 5.74) is 5.92. The van der Waals surface area contributed by atoms with Crippen molar-refractivity contribution in [3.63, 3.8) is 0 Å². The van der Waals surface area contributed by atoms with Crippen molar-refractivity contribution in [2.45, 2.75) is 31.1 Å². The largest absolute Gasteiger partial charge is 0.490 e. The first-order valence-corrected chi connectivity index (χ1v) is 11.8. The fourth-order valence-electron chi connectivity index (χ4n) is 3.56. The number of phosphoric acid groups is 1. The number of aromatic nitrogens is 4. The van der Waals surface area contributed by atoms with E-state index < -0.39 is 44.8 Å². The van der Waals surface area contributed by atoms with E-state index in [1.54, 1.807) is 28.8 Å². The van der Waals surface area contributed by atoms with Crippen molar-refractivity contribution in [1.29, 1.82) is 0 Å². The minimum Gasteiger partial charge on any atom is -0.490 e. The molecule has 0 radical (unpaired) electrons. The number of aliphatic hydroxyl groups is 2. The summed E-state index contributed by atoms with van der Waals surface area (Å²) >= 11 is 5.87. The predicted octanol–water partition coefficient (Wildman–Crippen LogP) is -0.533. The minimum absolute atomic E-state index is 0.0873. The fourth-order valence-corrected chi connectivity index (χ4v) is 4.03. The summed E-state index contributed by atoms with van der Waals surface area (Å²) in [5.74, 6) is -0.102. The van der Waals surface area contributed by atoms with Crippen LogP contribution in [-0.2, 0) is 20.4 Å². The monoisotopic (exact) mass is 518 g/mol. The number of aliphatic hydroxyl groups excluding tert-OH is 2. The molecule has 0 saturated carbocycles. The molecular weight excluding hydrogens is 497 g/mol. The Bertz CT molecular complexity index is 1220. The van der Waals surface area contributed by atoms with E-state index >= 15 is 0 Å². The molecule has 1 aliphatic heterocycles. The molecule has 1 aromatic carbocycles. The topological polar surface area (TPSA) is 207 Å². The Morgan fingerprint density at radius 3 is 2.59 bits per heavy atom. The van der Waals surface area contributed by atoms with Gasteiger partial charge < -0.3 is 40.3 Å². The van der Waals surface area contributed by atoms with E-state index in [1.165, 1.54) is 10.9 Å². The van der Waals surface area contributed by atoms with Crippen LogP contribution in [0.1, 0.15) is 6.23 Å². The molecule has 0 unspecified atom stereocenters. The number of halogens is 1. The molecular formula is C18H22ClN5O9P+. The molecule has 4 atom stereocenters. The van der Waals surface area contributed by atoms with Gasteiger partial charge in [0.25, 0.3) is 17.0 Å². The summed E-state index contributed by atoms with van der Waals surface area (Å²) in [5, 5.41) is 31.8. The lowest BCUT2D eigenvalue weighted by Gasteiger charge is -2.14. The maximum atomic E-state index is 11.0. The number of anilines is 1. The quantitative estimate of drug-likeness (QED) is 0.164. The average Bonchev–Trinajstić information content (AvgIpc) is 3.25. The van der Waals surface area contributed by atoms with Gasteiger partial charge in [-0.2, -0.15) is 14.5 Å². The van der Waals surface area contributed by atoms with Crippen LogP contribution in [0.2, 0.25) is 5.02 Å². The van der Waals surface area contributed by atoms with Crippen LogP contribution in [0, 0.1) is 0 Å². The first-order chi connectivity index (χ1) is 16.0. The van der Waals surface area contributed by atoms with Gasteiger partial charge >= 0.3 is 7.82 Å². The lowest BCUT2D eigenvalue weighted by Crippen LogP contribution is -2.36. The van der Waals surface area contributed by atoms with Gasteiger partial charge in [0.15, 0.2) is 0 Å². The number of ether oxygens (including phenoxy) is 2. The van der Waals surface area contributed by atoms with Crippen LogP contribution >= 0.6 is 19.4 Å². The Labute approximate surface area is 197 Å². The number of nitrogens with zero attached hydrogens (tertiary/aromatic N) is 4. The van der Waals surface area contributed by atoms with Gasteiger partial charge in [0.05, 0.1) is 6.61 Å². The van der Waals surface area contributed by atoms with Crippen molar-refractivity contribution in [3.8, 4) is 11.6 Å². The molecule has 1 fully saturated rings. The number of rotatable bonds is 8. The SMILES string of the molecule is Nc1nc(O)c2c(n1)n([C@@H]1O[C@H](COP(=O)(O)O)[C@@H](O)[C@H]1O)c[n+]2CCOc1ccc(Cl)cc1. The Morgan fingerprint density at radius 2 is 1.91 bits per heavy atom. The second-order valence-corrected chi connectivity index (χ2v) is 9.10. The number of hydrogen-bond donors (Lipinski definition) is 6. The molecule has 1 saturated heterocycles. The van der Waals surface area contributed by atoms with Crippen molar-refractivity contribution >= 4 is 36.5 Å². The summed E-state index contributed by atoms with van der Waals surface area (Å²) in [7, 11) is -4.82. The predicted molar refractivity (Wildman–Crippen MR) is 115 cm³/mol. The Morgan fingerprint density at radius 1 is 1.21 bits per heavy atom. The van der Waals surface area contributed by atoms with E-state index in [-0.39, 0.29) is 30.3 Å². The molecule has 34 heavy (non-hydrogen) atoms. The maximum absolute atomic E-state index is 11.0. The van der Waals surface area contributed by atoms with Gasteiger partial charge in [-0.15, -0.1) is 0 Å². The number of imidazole rings is 1. The Kier molecular flexibility index (Phi) is 6.94. The molecule has 0 amide bonds. The van der Waals surface area contributed by atoms with E-state index in [1.807, 2.05) is 0 Å². The molecule has 1 aliphatic rings. The van der Waals surface area contributed by atoms with Gasteiger partial charge in [-0.1, -0.05) is 11.6 Å². The first kappa shape index (κ1) is 24.6. The number of benzene rings is 1. The molecule has 2 aromatic heterocycles. The van der Waals surface area contributed by atoms with E-state index in [9.17, 15) is 19.9 Å². The second kappa shape index (κ2) is 9.60. The smallest absolute Gasteiger partial charge is 0.469 e. The highest BCUT2D eigenvalue weighted by molar-refractivity contribution is 7.46. The zero-order chi connectivity index (χ0) is 24.6. The summed E-state index contributed by atoms with van der Waals surface area (Å²) in [6.45, 7) is -0.288. The molecule has 14 nitrogen and oxygen atoms in total. The minimum atomic E-state index is -4.82. The molecule has 0 aliphatic carbocycles. The molecule has 3 heterocycles. The van der Waals surface area contributed by atoms with E-state index in [0.29, 0.717) is 10.8 Å². The zero-order valence-corrected chi connectivity index (χ0v) is 19.0. The van der Waals surface area contributed by atoms with E-state index in [0.717, 1.165) is 0 Å². The third kappa shape index (κ3) is 5.24. The van der Waals surface area contributed by atoms with Crippen LogP contribution in [0.5, 0.6) is 11.6 Å². The van der Waals surface area contributed by atoms with Crippen LogP contribution in [0.25, 0.3) is 11.2 Å². The highest BCUT2D eigenvalue weighted by atomic mass is 35.5. The standard InChI is InChI=1S/C18H21ClN5O9P/c19-9-1-3-10(4-2-9)31-6-5-23-8-24(15-12(23)16(27)22-18(20)21-15)17-14(26)13(25)11(33-17)7-32-34(28,29)30/h1-4,8,11,13-14,17,25-26H,5-7H2,(H4-,20,21,22,27,28,29,30)/p+1/t11-,13-,14-,17-/m1/s1. The first-order valence-electron chi connectivity index (χ1n) is 9.90. The normalized spacial score (nSPS) is 23.0. The van der Waals surface area contributed by atoms with Crippen LogP contribution < -0.4 is 15.0 Å². The van der Waals surface area contributed by atoms with Crippen LogP contribution in [0.15, 0.2) is 30.6 Å².